The van der Waals surface area contributed by atoms with E-state index >= 15 is 0 Å². The molecule has 0 saturated carbocycles. The van der Waals surface area contributed by atoms with Gasteiger partial charge in [0.2, 0.25) is 0 Å². The molecule has 132 valence electrons. The Labute approximate surface area is 142 Å². The minimum absolute atomic E-state index is 0.116. The fraction of sp³-hybridized carbons (Fsp3) is 0.692. The van der Waals surface area contributed by atoms with Crippen LogP contribution in [-0.4, -0.2) is 34.7 Å². The number of halogens is 1. The van der Waals surface area contributed by atoms with Crippen molar-refractivity contribution < 1.29 is 18.3 Å². The first-order valence-corrected chi connectivity index (χ1v) is 9.68. The van der Waals surface area contributed by atoms with Gasteiger partial charge in [-0.3, -0.25) is 18.9 Å². The monoisotopic (exact) mass is 412 g/mol. The smallest absolute Gasteiger partial charge is 0.356 e. The Hall–Kier alpha value is -0.730. The molecular formula is C13H22BrN2O6P. The van der Waals surface area contributed by atoms with Crippen molar-refractivity contribution in [3.63, 3.8) is 0 Å². The Balaban J connectivity index is 2.61. The van der Waals surface area contributed by atoms with Crippen LogP contribution < -0.4 is 11.2 Å². The number of ether oxygens (including phenoxy) is 1. The van der Waals surface area contributed by atoms with Crippen LogP contribution in [0.15, 0.2) is 20.3 Å². The zero-order valence-electron chi connectivity index (χ0n) is 13.6. The first-order chi connectivity index (χ1) is 10.6. The molecule has 23 heavy (non-hydrogen) atoms. The van der Waals surface area contributed by atoms with Gasteiger partial charge in [0.1, 0.15) is 6.35 Å². The van der Waals surface area contributed by atoms with E-state index in [0.717, 1.165) is 0 Å². The average Bonchev–Trinajstić information content (AvgIpc) is 2.38. The predicted molar refractivity (Wildman–Crippen MR) is 89.9 cm³/mol. The van der Waals surface area contributed by atoms with Crippen LogP contribution in [0.4, 0.5) is 0 Å². The fourth-order valence-electron chi connectivity index (χ4n) is 1.72. The molecule has 0 aromatic carbocycles. The lowest BCUT2D eigenvalue weighted by Crippen LogP contribution is -2.31. The second-order valence-electron chi connectivity index (χ2n) is 5.39. The Morgan fingerprint density at radius 3 is 2.30 bits per heavy atom. The minimum Gasteiger partial charge on any atom is -0.367 e. The van der Waals surface area contributed by atoms with E-state index in [4.69, 9.17) is 13.8 Å². The maximum Gasteiger partial charge on any atom is 0.356 e. The summed E-state index contributed by atoms with van der Waals surface area (Å²) in [5.74, 6) is 0. The average molecular weight is 413 g/mol. The summed E-state index contributed by atoms with van der Waals surface area (Å²) in [4.78, 5) is 25.0. The first kappa shape index (κ1) is 20.3. The summed E-state index contributed by atoms with van der Waals surface area (Å²) in [5.41, 5.74) is -1.03. The highest BCUT2D eigenvalue weighted by atomic mass is 79.9. The van der Waals surface area contributed by atoms with E-state index in [-0.39, 0.29) is 36.2 Å². The third-order valence-corrected chi connectivity index (χ3v) is 4.99. The van der Waals surface area contributed by atoms with Crippen molar-refractivity contribution in [2.24, 2.45) is 0 Å². The van der Waals surface area contributed by atoms with Crippen molar-refractivity contribution in [1.82, 2.24) is 9.55 Å². The number of aromatic nitrogens is 2. The number of H-pyrrole nitrogens is 1. The van der Waals surface area contributed by atoms with E-state index in [1.54, 1.807) is 27.7 Å². The van der Waals surface area contributed by atoms with E-state index in [9.17, 15) is 14.2 Å². The van der Waals surface area contributed by atoms with Gasteiger partial charge in [-0.05, 0) is 43.6 Å². The Morgan fingerprint density at radius 2 is 1.78 bits per heavy atom. The molecule has 10 heteroatoms. The number of rotatable bonds is 9. The summed E-state index contributed by atoms with van der Waals surface area (Å²) in [6, 6.07) is 0. The lowest BCUT2D eigenvalue weighted by Gasteiger charge is -2.22. The van der Waals surface area contributed by atoms with Crippen LogP contribution >= 0.6 is 23.5 Å². The minimum atomic E-state index is -3.36. The summed E-state index contributed by atoms with van der Waals surface area (Å²) in [5, 5.41) is 0. The van der Waals surface area contributed by atoms with Crippen molar-refractivity contribution in [1.29, 1.82) is 0 Å². The fourth-order valence-corrected chi connectivity index (χ4v) is 3.87. The van der Waals surface area contributed by atoms with Gasteiger partial charge in [-0.2, -0.15) is 0 Å². The van der Waals surface area contributed by atoms with Gasteiger partial charge in [-0.15, -0.1) is 0 Å². The first-order valence-electron chi connectivity index (χ1n) is 7.16. The molecule has 0 radical (unpaired) electrons. The lowest BCUT2D eigenvalue weighted by atomic mass is 10.5. The van der Waals surface area contributed by atoms with Crippen LogP contribution in [0, 0.1) is 0 Å². The quantitative estimate of drug-likeness (QED) is 0.493. The molecule has 1 aromatic heterocycles. The number of aromatic amines is 1. The van der Waals surface area contributed by atoms with Crippen molar-refractivity contribution in [3.8, 4) is 0 Å². The molecule has 0 aliphatic heterocycles. The van der Waals surface area contributed by atoms with Crippen LogP contribution in [0.2, 0.25) is 0 Å². The normalized spacial score (nSPS) is 12.3. The molecule has 0 aliphatic rings. The van der Waals surface area contributed by atoms with Crippen LogP contribution in [-0.2, 0) is 24.9 Å². The standard InChI is InChI=1S/C13H22BrN2O6P/c1-9(2)21-23(19,22-10(3)4)8-20-6-5-16-7-11(14)12(17)15-13(16)18/h7,9-10H,5-6,8H2,1-4H3,(H,15,17,18). The van der Waals surface area contributed by atoms with Gasteiger partial charge in [0, 0.05) is 6.20 Å². The number of nitrogens with zero attached hydrogens (tertiary/aromatic N) is 1. The van der Waals surface area contributed by atoms with Crippen LogP contribution in [0.25, 0.3) is 0 Å². The second kappa shape index (κ2) is 8.94. The zero-order chi connectivity index (χ0) is 17.6. The summed E-state index contributed by atoms with van der Waals surface area (Å²) in [6.45, 7) is 7.34. The van der Waals surface area contributed by atoms with Gasteiger partial charge in [-0.1, -0.05) is 0 Å². The van der Waals surface area contributed by atoms with E-state index in [2.05, 4.69) is 20.9 Å². The third-order valence-electron chi connectivity index (χ3n) is 2.44. The largest absolute Gasteiger partial charge is 0.367 e. The lowest BCUT2D eigenvalue weighted by molar-refractivity contribution is 0.0955. The summed E-state index contributed by atoms with van der Waals surface area (Å²) in [7, 11) is -3.36. The van der Waals surface area contributed by atoms with Crippen molar-refractivity contribution in [2.75, 3.05) is 13.0 Å². The van der Waals surface area contributed by atoms with Crippen LogP contribution in [0.3, 0.4) is 0 Å². The maximum atomic E-state index is 12.5. The topological polar surface area (TPSA) is 99.6 Å². The predicted octanol–water partition coefficient (Wildman–Crippen LogP) is 2.32. The highest BCUT2D eigenvalue weighted by Gasteiger charge is 2.28. The van der Waals surface area contributed by atoms with Gasteiger partial charge in [-0.25, -0.2) is 4.79 Å². The molecule has 0 spiro atoms. The molecule has 0 aliphatic carbocycles. The van der Waals surface area contributed by atoms with Gasteiger partial charge in [0.25, 0.3) is 5.56 Å². The van der Waals surface area contributed by atoms with E-state index in [1.165, 1.54) is 10.8 Å². The van der Waals surface area contributed by atoms with Crippen molar-refractivity contribution >= 4 is 23.5 Å². The van der Waals surface area contributed by atoms with Crippen LogP contribution in [0.1, 0.15) is 27.7 Å². The molecule has 0 unspecified atom stereocenters. The van der Waals surface area contributed by atoms with Crippen molar-refractivity contribution in [2.45, 2.75) is 46.4 Å². The molecule has 0 bridgehead atoms. The molecule has 1 aromatic rings. The molecule has 1 N–H and O–H groups in total. The summed E-state index contributed by atoms with van der Waals surface area (Å²) < 4.78 is 30.1. The molecule has 1 rings (SSSR count). The highest BCUT2D eigenvalue weighted by Crippen LogP contribution is 2.50. The Morgan fingerprint density at radius 1 is 1.22 bits per heavy atom. The number of nitrogens with one attached hydrogen (secondary N) is 1. The molecule has 0 atom stereocenters. The molecular weight excluding hydrogens is 391 g/mol. The molecule has 0 amide bonds. The van der Waals surface area contributed by atoms with Crippen molar-refractivity contribution in [3.05, 3.63) is 31.5 Å². The van der Waals surface area contributed by atoms with Crippen LogP contribution in [0.5, 0.6) is 0 Å². The van der Waals surface area contributed by atoms with E-state index in [0.29, 0.717) is 0 Å². The molecule has 8 nitrogen and oxygen atoms in total. The molecule has 1 heterocycles. The van der Waals surface area contributed by atoms with Gasteiger partial charge in [0.15, 0.2) is 0 Å². The van der Waals surface area contributed by atoms with Gasteiger partial charge >= 0.3 is 13.3 Å². The second-order valence-corrected chi connectivity index (χ2v) is 8.14. The summed E-state index contributed by atoms with van der Waals surface area (Å²) in [6.07, 6.45) is 0.643. The Bertz CT molecular complexity index is 655. The maximum absolute atomic E-state index is 12.5. The molecule has 0 fully saturated rings. The van der Waals surface area contributed by atoms with Gasteiger partial charge < -0.3 is 13.8 Å². The highest BCUT2D eigenvalue weighted by molar-refractivity contribution is 9.10. The SMILES string of the molecule is CC(C)OP(=O)(COCCn1cc(Br)c(=O)[nH]c1=O)OC(C)C. The number of hydrogen-bond acceptors (Lipinski definition) is 6. The zero-order valence-corrected chi connectivity index (χ0v) is 16.1. The molecule has 0 saturated heterocycles. The third kappa shape index (κ3) is 7.14. The number of hydrogen-bond donors (Lipinski definition) is 1. The Kier molecular flexibility index (Phi) is 7.89. The van der Waals surface area contributed by atoms with E-state index < -0.39 is 18.8 Å². The van der Waals surface area contributed by atoms with Gasteiger partial charge in [0.05, 0.1) is 29.8 Å². The van der Waals surface area contributed by atoms with E-state index in [1.807, 2.05) is 0 Å². The summed E-state index contributed by atoms with van der Waals surface area (Å²) >= 11 is 3.05.